The van der Waals surface area contributed by atoms with Crippen LogP contribution in [0.1, 0.15) is 102 Å². The second kappa shape index (κ2) is 21.4. The molecule has 1 aliphatic rings. The average molecular weight is 624 g/mol. The van der Waals surface area contributed by atoms with E-state index >= 15 is 0 Å². The van der Waals surface area contributed by atoms with Gasteiger partial charge in [-0.3, -0.25) is 0 Å². The third kappa shape index (κ3) is 14.5. The Hall–Kier alpha value is -3.39. The number of benzene rings is 2. The fraction of sp³-hybridized carbons (Fsp3) is 0.349. The Balaban J connectivity index is 0.000000485. The molecule has 3 rings (SSSR count). The molecular weight excluding hydrogens is 566 g/mol. The van der Waals surface area contributed by atoms with Gasteiger partial charge in [0, 0.05) is 10.6 Å². The molecule has 0 unspecified atom stereocenters. The van der Waals surface area contributed by atoms with Crippen LogP contribution in [0.5, 0.6) is 0 Å². The number of rotatable bonds is 10. The lowest BCUT2D eigenvalue weighted by Gasteiger charge is -2.22. The molecule has 2 heteroatoms. The highest BCUT2D eigenvalue weighted by molar-refractivity contribution is 6.32. The van der Waals surface area contributed by atoms with Crippen molar-refractivity contribution in [3.05, 3.63) is 154 Å². The maximum absolute atomic E-state index is 6.76. The largest absolute Gasteiger partial charge is 0.317 e. The standard InChI is InChI=1S/C27H33Cl.C12H17N.C4H8/c1-9-12-14-24(20(6)7)23-15-16-25(27(28)18-23)26(21(8)13-10-2)17-22(11-3)19(4)5;1-10-2-4-11(5-3-10)12-6-8-13-9-7-12;1-4(2)3/h9,11-12,14-18H,4,6,8,10,13H2,1-3,5,7H3;2-5,12-13H,6-9H2,1H3;1H2,2-3H3/b12-9-,22-11-,24-14+,26-17+;;. The summed E-state index contributed by atoms with van der Waals surface area (Å²) >= 11 is 6.76. The Labute approximate surface area is 281 Å². The van der Waals surface area contributed by atoms with E-state index in [9.17, 15) is 0 Å². The van der Waals surface area contributed by atoms with Crippen LogP contribution in [0.25, 0.3) is 11.1 Å². The fourth-order valence-corrected chi connectivity index (χ4v) is 5.27. The van der Waals surface area contributed by atoms with E-state index in [1.54, 1.807) is 0 Å². The van der Waals surface area contributed by atoms with Crippen LogP contribution in [0.3, 0.4) is 0 Å². The van der Waals surface area contributed by atoms with Gasteiger partial charge in [0.05, 0.1) is 0 Å². The number of allylic oxidation sites excluding steroid dienone is 12. The summed E-state index contributed by atoms with van der Waals surface area (Å²) in [4.78, 5) is 0. The van der Waals surface area contributed by atoms with E-state index in [4.69, 9.17) is 11.6 Å². The molecule has 0 amide bonds. The van der Waals surface area contributed by atoms with Crippen LogP contribution < -0.4 is 5.32 Å². The number of nitrogens with one attached hydrogen (secondary N) is 1. The van der Waals surface area contributed by atoms with Crippen molar-refractivity contribution in [2.45, 2.75) is 87.0 Å². The number of hydrogen-bond acceptors (Lipinski definition) is 1. The van der Waals surface area contributed by atoms with E-state index in [0.29, 0.717) is 5.02 Å². The highest BCUT2D eigenvalue weighted by atomic mass is 35.5. The van der Waals surface area contributed by atoms with Crippen molar-refractivity contribution >= 4 is 22.7 Å². The van der Waals surface area contributed by atoms with Gasteiger partial charge in [-0.25, -0.2) is 0 Å². The van der Waals surface area contributed by atoms with Crippen molar-refractivity contribution in [1.29, 1.82) is 0 Å². The van der Waals surface area contributed by atoms with Crippen molar-refractivity contribution in [3.8, 4) is 0 Å². The fourth-order valence-electron chi connectivity index (χ4n) is 4.99. The zero-order valence-corrected chi connectivity index (χ0v) is 30.2. The molecule has 0 spiro atoms. The van der Waals surface area contributed by atoms with Crippen molar-refractivity contribution in [1.82, 2.24) is 5.32 Å². The third-order valence-electron chi connectivity index (χ3n) is 7.41. The molecule has 0 saturated carbocycles. The molecule has 0 radical (unpaired) electrons. The van der Waals surface area contributed by atoms with Gasteiger partial charge in [-0.15, -0.1) is 6.58 Å². The van der Waals surface area contributed by atoms with Gasteiger partial charge in [0.2, 0.25) is 0 Å². The molecule has 2 aromatic carbocycles. The van der Waals surface area contributed by atoms with Gasteiger partial charge >= 0.3 is 0 Å². The van der Waals surface area contributed by atoms with Crippen LogP contribution in [0.2, 0.25) is 5.02 Å². The summed E-state index contributed by atoms with van der Waals surface area (Å²) in [5, 5.41) is 4.11. The van der Waals surface area contributed by atoms with Crippen LogP contribution in [0.4, 0.5) is 0 Å². The first-order valence-corrected chi connectivity index (χ1v) is 16.6. The van der Waals surface area contributed by atoms with Gasteiger partial charge in [-0.2, -0.15) is 0 Å². The van der Waals surface area contributed by atoms with Crippen LogP contribution in [0.15, 0.2) is 127 Å². The summed E-state index contributed by atoms with van der Waals surface area (Å²) < 4.78 is 0. The van der Waals surface area contributed by atoms with Gasteiger partial charge in [-0.1, -0.05) is 128 Å². The monoisotopic (exact) mass is 623 g/mol. The number of halogens is 1. The molecule has 1 aliphatic heterocycles. The van der Waals surface area contributed by atoms with Crippen molar-refractivity contribution in [2.24, 2.45) is 0 Å². The lowest BCUT2D eigenvalue weighted by Crippen LogP contribution is -2.26. The number of piperidine rings is 1. The van der Waals surface area contributed by atoms with Crippen LogP contribution >= 0.6 is 11.6 Å². The normalized spacial score (nSPS) is 14.2. The molecule has 1 fully saturated rings. The molecule has 0 aromatic heterocycles. The molecule has 0 atom stereocenters. The molecule has 1 saturated heterocycles. The third-order valence-corrected chi connectivity index (χ3v) is 7.72. The van der Waals surface area contributed by atoms with Gasteiger partial charge in [-0.05, 0) is 132 Å². The predicted octanol–water partition coefficient (Wildman–Crippen LogP) is 13.2. The van der Waals surface area contributed by atoms with E-state index in [-0.39, 0.29) is 0 Å². The summed E-state index contributed by atoms with van der Waals surface area (Å²) in [6.45, 7) is 34.7. The molecular formula is C43H58ClN. The summed E-state index contributed by atoms with van der Waals surface area (Å²) in [7, 11) is 0. The van der Waals surface area contributed by atoms with E-state index in [1.165, 1.54) is 42.6 Å². The quantitative estimate of drug-likeness (QED) is 0.205. The molecule has 2 aromatic rings. The molecule has 0 aliphatic carbocycles. The number of hydrogen-bond donors (Lipinski definition) is 1. The molecule has 0 bridgehead atoms. The van der Waals surface area contributed by atoms with Gasteiger partial charge < -0.3 is 5.32 Å². The molecule has 1 nitrogen and oxygen atoms in total. The van der Waals surface area contributed by atoms with E-state index in [2.05, 4.69) is 100 Å². The Bertz CT molecular complexity index is 1400. The summed E-state index contributed by atoms with van der Waals surface area (Å²) in [6.07, 6.45) is 14.9. The minimum atomic E-state index is 0.714. The Morgan fingerprint density at radius 2 is 1.49 bits per heavy atom. The summed E-state index contributed by atoms with van der Waals surface area (Å²) in [5.74, 6) is 0.793. The molecule has 45 heavy (non-hydrogen) atoms. The highest BCUT2D eigenvalue weighted by Gasteiger charge is 2.15. The van der Waals surface area contributed by atoms with Gasteiger partial charge in [0.1, 0.15) is 0 Å². The Morgan fingerprint density at radius 3 is 1.96 bits per heavy atom. The Morgan fingerprint density at radius 1 is 0.889 bits per heavy atom. The lowest BCUT2D eigenvalue weighted by atomic mass is 9.90. The van der Waals surface area contributed by atoms with Crippen molar-refractivity contribution in [2.75, 3.05) is 13.1 Å². The number of aryl methyl sites for hydroxylation is 1. The molecule has 242 valence electrons. The Kier molecular flexibility index (Phi) is 18.8. The van der Waals surface area contributed by atoms with Crippen molar-refractivity contribution < 1.29 is 0 Å². The topological polar surface area (TPSA) is 12.0 Å². The second-order valence-electron chi connectivity index (χ2n) is 12.2. The predicted molar refractivity (Wildman–Crippen MR) is 206 cm³/mol. The van der Waals surface area contributed by atoms with E-state index in [0.717, 1.165) is 63.3 Å². The van der Waals surface area contributed by atoms with Crippen LogP contribution in [-0.4, -0.2) is 13.1 Å². The van der Waals surface area contributed by atoms with E-state index < -0.39 is 0 Å². The maximum atomic E-state index is 6.76. The average Bonchev–Trinajstić information content (AvgIpc) is 2.99. The van der Waals surface area contributed by atoms with Crippen LogP contribution in [-0.2, 0) is 0 Å². The highest BCUT2D eigenvalue weighted by Crippen LogP contribution is 2.35. The first-order valence-electron chi connectivity index (χ1n) is 16.3. The molecule has 1 heterocycles. The van der Waals surface area contributed by atoms with E-state index in [1.807, 2.05) is 59.8 Å². The zero-order chi connectivity index (χ0) is 33.9. The summed E-state index contributed by atoms with van der Waals surface area (Å²) in [5.41, 5.74) is 12.5. The first kappa shape index (κ1) is 39.6. The zero-order valence-electron chi connectivity index (χ0n) is 29.5. The maximum Gasteiger partial charge on any atom is 0.0490 e. The smallest absolute Gasteiger partial charge is 0.0490 e. The minimum Gasteiger partial charge on any atom is -0.317 e. The van der Waals surface area contributed by atoms with Gasteiger partial charge in [0.25, 0.3) is 0 Å². The SMILES string of the molecule is C=C(C)C.C=C(C)C(=C\C)/C=C(\C(=C)CCC)c1ccc(/C(=C/C=C\C)C(=C)C)cc1Cl.Cc1ccc(C2CCNCC2)cc1. The minimum absolute atomic E-state index is 0.714. The summed E-state index contributed by atoms with van der Waals surface area (Å²) in [6, 6.07) is 15.2. The van der Waals surface area contributed by atoms with Gasteiger partial charge in [0.15, 0.2) is 0 Å². The van der Waals surface area contributed by atoms with Crippen LogP contribution in [0, 0.1) is 6.92 Å². The second-order valence-corrected chi connectivity index (χ2v) is 12.6. The lowest BCUT2D eigenvalue weighted by molar-refractivity contribution is 0.460. The first-order chi connectivity index (χ1) is 21.4. The van der Waals surface area contributed by atoms with Crippen molar-refractivity contribution in [3.63, 3.8) is 0 Å². The molecule has 1 N–H and O–H groups in total.